The number of aromatic nitrogens is 4. The molecule has 0 N–H and O–H groups in total. The van der Waals surface area contributed by atoms with Crippen molar-refractivity contribution in [2.75, 3.05) is 51.4 Å². The van der Waals surface area contributed by atoms with Crippen LogP contribution in [0, 0.1) is 0 Å². The molecular formula is C25H28N6O2. The number of pyridine rings is 1. The van der Waals surface area contributed by atoms with Crippen LogP contribution in [0.4, 0.5) is 5.69 Å². The fraction of sp³-hybridized carbons (Fsp3) is 0.400. The van der Waals surface area contributed by atoms with Crippen LogP contribution >= 0.6 is 0 Å². The first-order chi connectivity index (χ1) is 16.3. The molecule has 170 valence electrons. The molecule has 4 aromatic rings. The Balaban J connectivity index is 1.26. The second-order valence-corrected chi connectivity index (χ2v) is 8.75. The lowest BCUT2D eigenvalue weighted by Crippen LogP contribution is -2.49. The van der Waals surface area contributed by atoms with Gasteiger partial charge in [-0.1, -0.05) is 0 Å². The number of anilines is 1. The van der Waals surface area contributed by atoms with Crippen molar-refractivity contribution in [2.24, 2.45) is 0 Å². The van der Waals surface area contributed by atoms with Crippen LogP contribution in [0.5, 0.6) is 5.75 Å². The molecule has 5 heterocycles. The maximum absolute atomic E-state index is 5.51. The number of benzene rings is 1. The van der Waals surface area contributed by atoms with Gasteiger partial charge >= 0.3 is 0 Å². The fourth-order valence-corrected chi connectivity index (χ4v) is 5.14. The zero-order valence-electron chi connectivity index (χ0n) is 18.9. The molecule has 1 aromatic carbocycles. The zero-order valence-corrected chi connectivity index (χ0v) is 18.9. The van der Waals surface area contributed by atoms with E-state index in [-0.39, 0.29) is 0 Å². The van der Waals surface area contributed by atoms with Crippen LogP contribution in [-0.2, 0) is 4.74 Å². The van der Waals surface area contributed by atoms with Crippen LogP contribution in [0.25, 0.3) is 27.7 Å². The van der Waals surface area contributed by atoms with Gasteiger partial charge in [0.1, 0.15) is 5.75 Å². The molecule has 0 amide bonds. The average Bonchev–Trinajstić information content (AvgIpc) is 3.32. The van der Waals surface area contributed by atoms with Crippen LogP contribution < -0.4 is 9.64 Å². The Morgan fingerprint density at radius 1 is 0.970 bits per heavy atom. The van der Waals surface area contributed by atoms with Crippen LogP contribution in [0.1, 0.15) is 12.8 Å². The first-order valence-corrected chi connectivity index (χ1v) is 11.6. The molecule has 2 fully saturated rings. The standard InChI is InChI=1S/C25H28N6O2/c1-32-20-2-3-24-22(14-20)21(4-7-26-24)23-16-28-31-17-19(15-27-25(23)31)29-8-5-18(6-9-29)30-10-12-33-13-11-30/h2-4,7,14-18H,5-6,8-13H2,1H3. The molecule has 6 rings (SSSR count). The number of fused-ring (bicyclic) bond motifs is 2. The number of piperidine rings is 1. The van der Waals surface area contributed by atoms with Gasteiger partial charge in [0.25, 0.3) is 0 Å². The minimum absolute atomic E-state index is 0.662. The van der Waals surface area contributed by atoms with Gasteiger partial charge in [-0.2, -0.15) is 5.10 Å². The Labute approximate surface area is 192 Å². The lowest BCUT2D eigenvalue weighted by molar-refractivity contribution is 0.0115. The third-order valence-electron chi connectivity index (χ3n) is 6.97. The molecule has 2 aliphatic heterocycles. The van der Waals surface area contributed by atoms with Gasteiger partial charge in [0.05, 0.1) is 50.1 Å². The SMILES string of the molecule is COc1ccc2nccc(-c3cnn4cc(N5CCC(N6CCOCC6)CC5)cnc34)c2c1. The van der Waals surface area contributed by atoms with Crippen molar-refractivity contribution in [3.8, 4) is 16.9 Å². The summed E-state index contributed by atoms with van der Waals surface area (Å²) in [4.78, 5) is 14.4. The van der Waals surface area contributed by atoms with Gasteiger partial charge < -0.3 is 14.4 Å². The minimum Gasteiger partial charge on any atom is -0.497 e. The van der Waals surface area contributed by atoms with E-state index in [9.17, 15) is 0 Å². The first kappa shape index (κ1) is 20.4. The maximum atomic E-state index is 5.51. The monoisotopic (exact) mass is 444 g/mol. The molecule has 2 aliphatic rings. The van der Waals surface area contributed by atoms with E-state index in [0.29, 0.717) is 6.04 Å². The first-order valence-electron chi connectivity index (χ1n) is 11.6. The van der Waals surface area contributed by atoms with Crippen LogP contribution in [0.15, 0.2) is 49.1 Å². The highest BCUT2D eigenvalue weighted by Crippen LogP contribution is 2.32. The Morgan fingerprint density at radius 3 is 2.64 bits per heavy atom. The van der Waals surface area contributed by atoms with Gasteiger partial charge in [-0.15, -0.1) is 0 Å². The summed E-state index contributed by atoms with van der Waals surface area (Å²) in [5.41, 5.74) is 4.94. The van der Waals surface area contributed by atoms with Crippen molar-refractivity contribution in [1.82, 2.24) is 24.5 Å². The number of hydrogen-bond donors (Lipinski definition) is 0. The Morgan fingerprint density at radius 2 is 1.82 bits per heavy atom. The molecule has 8 nitrogen and oxygen atoms in total. The largest absolute Gasteiger partial charge is 0.497 e. The summed E-state index contributed by atoms with van der Waals surface area (Å²) in [6.07, 6.45) is 10.2. The highest BCUT2D eigenvalue weighted by molar-refractivity contribution is 5.98. The molecular weight excluding hydrogens is 416 g/mol. The maximum Gasteiger partial charge on any atom is 0.162 e. The number of rotatable bonds is 4. The van der Waals surface area contributed by atoms with Crippen LogP contribution in [-0.4, -0.2) is 77.0 Å². The summed E-state index contributed by atoms with van der Waals surface area (Å²) >= 11 is 0. The smallest absolute Gasteiger partial charge is 0.162 e. The Hall–Kier alpha value is -3.23. The van der Waals surface area contributed by atoms with E-state index < -0.39 is 0 Å². The normalized spacial score (nSPS) is 18.3. The van der Waals surface area contributed by atoms with Gasteiger partial charge in [-0.05, 0) is 42.7 Å². The van der Waals surface area contributed by atoms with Crippen molar-refractivity contribution < 1.29 is 9.47 Å². The number of hydrogen-bond acceptors (Lipinski definition) is 7. The van der Waals surface area contributed by atoms with Gasteiger partial charge in [0.2, 0.25) is 0 Å². The minimum atomic E-state index is 0.662. The van der Waals surface area contributed by atoms with E-state index in [1.54, 1.807) is 7.11 Å². The van der Waals surface area contributed by atoms with Gasteiger partial charge in [0.15, 0.2) is 5.65 Å². The van der Waals surface area contributed by atoms with Crippen LogP contribution in [0.3, 0.4) is 0 Å². The summed E-state index contributed by atoms with van der Waals surface area (Å²) in [5.74, 6) is 0.809. The van der Waals surface area contributed by atoms with Crippen molar-refractivity contribution in [1.29, 1.82) is 0 Å². The molecule has 0 bridgehead atoms. The number of morpholine rings is 1. The summed E-state index contributed by atoms with van der Waals surface area (Å²) in [5, 5.41) is 5.67. The predicted octanol–water partition coefficient (Wildman–Crippen LogP) is 3.25. The van der Waals surface area contributed by atoms with E-state index in [1.807, 2.05) is 47.4 Å². The third-order valence-corrected chi connectivity index (χ3v) is 6.97. The molecule has 0 radical (unpaired) electrons. The van der Waals surface area contributed by atoms with Gasteiger partial charge in [0, 0.05) is 49.4 Å². The van der Waals surface area contributed by atoms with Crippen molar-refractivity contribution >= 4 is 22.2 Å². The Bertz CT molecular complexity index is 1270. The van der Waals surface area contributed by atoms with Crippen molar-refractivity contribution in [3.05, 3.63) is 49.1 Å². The van der Waals surface area contributed by atoms with Crippen molar-refractivity contribution in [3.63, 3.8) is 0 Å². The highest BCUT2D eigenvalue weighted by atomic mass is 16.5. The molecule has 3 aromatic heterocycles. The average molecular weight is 445 g/mol. The number of methoxy groups -OCH3 is 1. The molecule has 0 atom stereocenters. The fourth-order valence-electron chi connectivity index (χ4n) is 5.14. The van der Waals surface area contributed by atoms with E-state index in [1.165, 1.54) is 12.8 Å². The number of ether oxygens (including phenoxy) is 2. The van der Waals surface area contributed by atoms with E-state index in [2.05, 4.69) is 26.1 Å². The van der Waals surface area contributed by atoms with Gasteiger partial charge in [-0.3, -0.25) is 9.88 Å². The number of nitrogens with zero attached hydrogens (tertiary/aromatic N) is 6. The molecule has 0 spiro atoms. The molecule has 0 saturated carbocycles. The summed E-state index contributed by atoms with van der Waals surface area (Å²) in [6.45, 7) is 5.92. The lowest BCUT2D eigenvalue weighted by Gasteiger charge is -2.40. The van der Waals surface area contributed by atoms with Gasteiger partial charge in [-0.25, -0.2) is 9.50 Å². The summed E-state index contributed by atoms with van der Waals surface area (Å²) in [7, 11) is 1.68. The molecule has 2 saturated heterocycles. The van der Waals surface area contributed by atoms with Crippen LogP contribution in [0.2, 0.25) is 0 Å². The second kappa shape index (κ2) is 8.61. The second-order valence-electron chi connectivity index (χ2n) is 8.75. The predicted molar refractivity (Wildman–Crippen MR) is 128 cm³/mol. The van der Waals surface area contributed by atoms with E-state index in [4.69, 9.17) is 14.5 Å². The molecule has 8 heteroatoms. The summed E-state index contributed by atoms with van der Waals surface area (Å²) < 4.78 is 12.8. The summed E-state index contributed by atoms with van der Waals surface area (Å²) in [6, 6.07) is 8.62. The van der Waals surface area contributed by atoms with Crippen molar-refractivity contribution in [2.45, 2.75) is 18.9 Å². The molecule has 0 unspecified atom stereocenters. The lowest BCUT2D eigenvalue weighted by atomic mass is 10.0. The zero-order chi connectivity index (χ0) is 22.2. The van der Waals surface area contributed by atoms with E-state index >= 15 is 0 Å². The van der Waals surface area contributed by atoms with E-state index in [0.717, 1.165) is 78.5 Å². The molecule has 33 heavy (non-hydrogen) atoms. The third kappa shape index (κ3) is 3.79. The Kier molecular flexibility index (Phi) is 5.32. The highest BCUT2D eigenvalue weighted by Gasteiger charge is 2.26. The quantitative estimate of drug-likeness (QED) is 0.479. The topological polar surface area (TPSA) is 68.0 Å². The molecule has 0 aliphatic carbocycles.